The van der Waals surface area contributed by atoms with Crippen LogP contribution >= 0.6 is 11.3 Å². The lowest BCUT2D eigenvalue weighted by Gasteiger charge is -2.18. The molecule has 4 nitrogen and oxygen atoms in total. The first kappa shape index (κ1) is 10.7. The molecule has 0 aliphatic heterocycles. The Kier molecular flexibility index (Phi) is 2.76. The van der Waals surface area contributed by atoms with E-state index >= 15 is 0 Å². The molecule has 1 aliphatic carbocycles. The Morgan fingerprint density at radius 1 is 1.24 bits per heavy atom. The predicted octanol–water partition coefficient (Wildman–Crippen LogP) is 2.52. The molecule has 2 heterocycles. The maximum Gasteiger partial charge on any atom is 0.181 e. The van der Waals surface area contributed by atoms with Gasteiger partial charge in [0.1, 0.15) is 11.5 Å². The van der Waals surface area contributed by atoms with Gasteiger partial charge in [-0.25, -0.2) is 15.0 Å². The van der Waals surface area contributed by atoms with Crippen molar-refractivity contribution in [1.29, 1.82) is 0 Å². The van der Waals surface area contributed by atoms with Crippen LogP contribution in [-0.4, -0.2) is 22.0 Å². The fraction of sp³-hybridized carbons (Fsp3) is 0.417. The quantitative estimate of drug-likeness (QED) is 0.884. The minimum Gasteiger partial charge on any atom is -0.373 e. The van der Waals surface area contributed by atoms with Gasteiger partial charge < -0.3 is 5.32 Å². The highest BCUT2D eigenvalue weighted by Gasteiger charge is 2.18. The number of aryl methyl sites for hydroxylation is 1. The van der Waals surface area contributed by atoms with E-state index in [4.69, 9.17) is 0 Å². The molecular formula is C12H14N4S. The summed E-state index contributed by atoms with van der Waals surface area (Å²) in [5, 5.41) is 5.17. The van der Waals surface area contributed by atoms with Crippen LogP contribution in [0.15, 0.2) is 10.9 Å². The second-order valence-electron chi connectivity index (χ2n) is 4.15. The topological polar surface area (TPSA) is 50.7 Å². The Morgan fingerprint density at radius 2 is 2.12 bits per heavy atom. The van der Waals surface area contributed by atoms with Crippen LogP contribution in [0.4, 0.5) is 5.82 Å². The van der Waals surface area contributed by atoms with Crippen LogP contribution < -0.4 is 5.32 Å². The van der Waals surface area contributed by atoms with E-state index in [1.807, 2.05) is 17.9 Å². The third-order valence-electron chi connectivity index (χ3n) is 3.08. The summed E-state index contributed by atoms with van der Waals surface area (Å²) in [6.45, 7) is 0. The van der Waals surface area contributed by atoms with Crippen molar-refractivity contribution >= 4 is 17.2 Å². The molecule has 0 bridgehead atoms. The Bertz CT molecular complexity index is 504. The number of nitrogens with one attached hydrogen (secondary N) is 1. The second kappa shape index (κ2) is 4.41. The van der Waals surface area contributed by atoms with Gasteiger partial charge in [-0.15, -0.1) is 11.3 Å². The number of fused-ring (bicyclic) bond motifs is 1. The first-order valence-corrected chi connectivity index (χ1v) is 6.79. The molecular weight excluding hydrogens is 232 g/mol. The smallest absolute Gasteiger partial charge is 0.181 e. The van der Waals surface area contributed by atoms with Crippen molar-refractivity contribution in [3.63, 3.8) is 0 Å². The molecule has 0 radical (unpaired) electrons. The van der Waals surface area contributed by atoms with Crippen molar-refractivity contribution in [1.82, 2.24) is 15.0 Å². The van der Waals surface area contributed by atoms with E-state index in [-0.39, 0.29) is 0 Å². The lowest BCUT2D eigenvalue weighted by molar-refractivity contribution is 0.665. The zero-order valence-electron chi connectivity index (χ0n) is 9.73. The molecule has 0 atom stereocenters. The van der Waals surface area contributed by atoms with E-state index in [9.17, 15) is 0 Å². The van der Waals surface area contributed by atoms with E-state index in [1.165, 1.54) is 24.1 Å². The number of nitrogens with zero attached hydrogens (tertiary/aromatic N) is 3. The summed E-state index contributed by atoms with van der Waals surface area (Å²) in [4.78, 5) is 13.5. The maximum atomic E-state index is 4.66. The number of rotatable bonds is 2. The summed E-state index contributed by atoms with van der Waals surface area (Å²) >= 11 is 1.57. The van der Waals surface area contributed by atoms with Gasteiger partial charge in [-0.1, -0.05) is 0 Å². The molecule has 0 spiro atoms. The third-order valence-corrected chi connectivity index (χ3v) is 3.67. The minimum atomic E-state index is 0.747. The van der Waals surface area contributed by atoms with E-state index in [0.29, 0.717) is 0 Å². The first-order valence-electron chi connectivity index (χ1n) is 5.84. The predicted molar refractivity (Wildman–Crippen MR) is 69.3 cm³/mol. The lowest BCUT2D eigenvalue weighted by Crippen LogP contribution is -2.11. The van der Waals surface area contributed by atoms with Crippen molar-refractivity contribution in [3.8, 4) is 11.5 Å². The van der Waals surface area contributed by atoms with E-state index < -0.39 is 0 Å². The highest BCUT2D eigenvalue weighted by atomic mass is 32.1. The van der Waals surface area contributed by atoms with Gasteiger partial charge in [-0.2, -0.15) is 0 Å². The average molecular weight is 246 g/mol. The summed E-state index contributed by atoms with van der Waals surface area (Å²) in [6, 6.07) is 0. The molecule has 3 rings (SSSR count). The number of anilines is 1. The molecule has 0 fully saturated rings. The molecule has 1 aliphatic rings. The zero-order chi connectivity index (χ0) is 11.7. The molecule has 2 aromatic rings. The van der Waals surface area contributed by atoms with Crippen LogP contribution in [0.25, 0.3) is 11.5 Å². The molecule has 17 heavy (non-hydrogen) atoms. The number of thiazole rings is 1. The van der Waals surface area contributed by atoms with Crippen molar-refractivity contribution in [2.75, 3.05) is 12.4 Å². The van der Waals surface area contributed by atoms with Crippen molar-refractivity contribution in [2.24, 2.45) is 0 Å². The summed E-state index contributed by atoms with van der Waals surface area (Å²) in [6.07, 6.45) is 4.61. The zero-order valence-corrected chi connectivity index (χ0v) is 10.5. The molecule has 0 unspecified atom stereocenters. The second-order valence-corrected chi connectivity index (χ2v) is 4.87. The van der Waals surface area contributed by atoms with Crippen LogP contribution in [0.1, 0.15) is 24.1 Å². The maximum absolute atomic E-state index is 4.66. The Labute approximate surface area is 104 Å². The highest BCUT2D eigenvalue weighted by molar-refractivity contribution is 7.07. The Morgan fingerprint density at radius 3 is 2.88 bits per heavy atom. The monoisotopic (exact) mass is 246 g/mol. The highest BCUT2D eigenvalue weighted by Crippen LogP contribution is 2.27. The van der Waals surface area contributed by atoms with Gasteiger partial charge in [-0.05, 0) is 25.7 Å². The van der Waals surface area contributed by atoms with Gasteiger partial charge in [0.15, 0.2) is 5.82 Å². The van der Waals surface area contributed by atoms with Crippen molar-refractivity contribution in [3.05, 3.63) is 22.1 Å². The Hall–Kier alpha value is -1.49. The molecule has 88 valence electrons. The fourth-order valence-electron chi connectivity index (χ4n) is 2.24. The number of aromatic nitrogens is 3. The molecule has 0 amide bonds. The molecule has 0 saturated carbocycles. The number of hydrogen-bond acceptors (Lipinski definition) is 5. The lowest BCUT2D eigenvalue weighted by atomic mass is 9.96. The third kappa shape index (κ3) is 1.91. The number of hydrogen-bond donors (Lipinski definition) is 1. The average Bonchev–Trinajstić information content (AvgIpc) is 2.91. The van der Waals surface area contributed by atoms with Gasteiger partial charge in [0.2, 0.25) is 0 Å². The van der Waals surface area contributed by atoms with Crippen LogP contribution in [0.5, 0.6) is 0 Å². The summed E-state index contributed by atoms with van der Waals surface area (Å²) in [5.41, 5.74) is 5.17. The van der Waals surface area contributed by atoms with Crippen LogP contribution in [0.3, 0.4) is 0 Å². The molecule has 0 aromatic carbocycles. The summed E-state index contributed by atoms with van der Waals surface area (Å²) in [5.74, 6) is 1.72. The van der Waals surface area contributed by atoms with E-state index in [1.54, 1.807) is 11.3 Å². The van der Waals surface area contributed by atoms with Crippen molar-refractivity contribution in [2.45, 2.75) is 25.7 Å². The molecule has 5 heteroatoms. The van der Waals surface area contributed by atoms with Gasteiger partial charge in [0, 0.05) is 23.7 Å². The van der Waals surface area contributed by atoms with Crippen LogP contribution in [0.2, 0.25) is 0 Å². The van der Waals surface area contributed by atoms with Crippen molar-refractivity contribution < 1.29 is 0 Å². The normalized spacial score (nSPS) is 14.4. The van der Waals surface area contributed by atoms with E-state index in [2.05, 4.69) is 20.3 Å². The van der Waals surface area contributed by atoms with Gasteiger partial charge in [0.05, 0.1) is 5.51 Å². The standard InChI is InChI=1S/C12H14N4S/c1-13-11-8-4-2-3-5-9(8)15-12(16-11)10-6-17-7-14-10/h6-7H,2-5H2,1H3,(H,13,15,16). The summed E-state index contributed by atoms with van der Waals surface area (Å²) < 4.78 is 0. The largest absolute Gasteiger partial charge is 0.373 e. The van der Waals surface area contributed by atoms with Crippen LogP contribution in [-0.2, 0) is 12.8 Å². The summed E-state index contributed by atoms with van der Waals surface area (Å²) in [7, 11) is 1.92. The van der Waals surface area contributed by atoms with Gasteiger partial charge >= 0.3 is 0 Å². The SMILES string of the molecule is CNc1nc(-c2cscn2)nc2c1CCCC2. The Balaban J connectivity index is 2.12. The molecule has 1 N–H and O–H groups in total. The molecule has 2 aromatic heterocycles. The minimum absolute atomic E-state index is 0.747. The molecule has 0 saturated heterocycles. The van der Waals surface area contributed by atoms with E-state index in [0.717, 1.165) is 30.2 Å². The van der Waals surface area contributed by atoms with Crippen LogP contribution in [0, 0.1) is 0 Å². The fourth-order valence-corrected chi connectivity index (χ4v) is 2.77. The first-order chi connectivity index (χ1) is 8.38. The van der Waals surface area contributed by atoms with Gasteiger partial charge in [-0.3, -0.25) is 0 Å². The van der Waals surface area contributed by atoms with Gasteiger partial charge in [0.25, 0.3) is 0 Å².